The summed E-state index contributed by atoms with van der Waals surface area (Å²) in [5, 5.41) is 3.82. The summed E-state index contributed by atoms with van der Waals surface area (Å²) >= 11 is 0. The van der Waals surface area contributed by atoms with Gasteiger partial charge in [-0.3, -0.25) is 9.59 Å². The van der Waals surface area contributed by atoms with Crippen molar-refractivity contribution in [2.45, 2.75) is 18.9 Å². The minimum Gasteiger partial charge on any atom is -0.422 e. The smallest absolute Gasteiger partial charge is 0.344 e. The second-order valence-electron chi connectivity index (χ2n) is 7.76. The zero-order chi connectivity index (χ0) is 20.0. The molecule has 0 spiro atoms. The van der Waals surface area contributed by atoms with E-state index in [9.17, 15) is 14.4 Å². The lowest BCUT2D eigenvalue weighted by atomic mass is 9.96. The van der Waals surface area contributed by atoms with E-state index in [1.165, 1.54) is 0 Å². The summed E-state index contributed by atoms with van der Waals surface area (Å²) in [6.45, 7) is 0.951. The zero-order valence-corrected chi connectivity index (χ0v) is 15.8. The lowest BCUT2D eigenvalue weighted by molar-refractivity contribution is -0.126. The molecule has 3 aliphatic rings. The first-order valence-corrected chi connectivity index (χ1v) is 9.81. The molecule has 6 nitrogen and oxygen atoms in total. The van der Waals surface area contributed by atoms with E-state index in [4.69, 9.17) is 4.42 Å². The van der Waals surface area contributed by atoms with Crippen molar-refractivity contribution in [2.24, 2.45) is 5.92 Å². The summed E-state index contributed by atoms with van der Waals surface area (Å²) in [5.41, 5.74) is 1.67. The van der Waals surface area contributed by atoms with Crippen LogP contribution in [0, 0.1) is 5.92 Å². The third-order valence-electron chi connectivity index (χ3n) is 5.81. The average molecular weight is 388 g/mol. The summed E-state index contributed by atoms with van der Waals surface area (Å²) in [4.78, 5) is 39.5. The van der Waals surface area contributed by atoms with Crippen molar-refractivity contribution in [3.8, 4) is 11.1 Å². The number of hydrogen-bond acceptors (Lipinski definition) is 4. The molecule has 3 saturated heterocycles. The van der Waals surface area contributed by atoms with Crippen LogP contribution in [0.4, 0.5) is 0 Å². The Labute approximate surface area is 167 Å². The maximum absolute atomic E-state index is 13.1. The first-order valence-electron chi connectivity index (χ1n) is 9.81. The molecular formula is C23H20N2O4. The largest absolute Gasteiger partial charge is 0.422 e. The Morgan fingerprint density at radius 2 is 1.86 bits per heavy atom. The maximum atomic E-state index is 13.1. The first-order chi connectivity index (χ1) is 14.1. The number of rotatable bonds is 2. The van der Waals surface area contributed by atoms with Gasteiger partial charge >= 0.3 is 5.63 Å². The van der Waals surface area contributed by atoms with Crippen LogP contribution in [0.1, 0.15) is 23.2 Å². The lowest BCUT2D eigenvalue weighted by Gasteiger charge is -2.23. The van der Waals surface area contributed by atoms with Crippen molar-refractivity contribution in [2.75, 3.05) is 13.1 Å². The van der Waals surface area contributed by atoms with Crippen molar-refractivity contribution < 1.29 is 14.0 Å². The molecule has 6 rings (SSSR count). The van der Waals surface area contributed by atoms with Crippen LogP contribution < -0.4 is 10.9 Å². The van der Waals surface area contributed by atoms with Gasteiger partial charge in [0.15, 0.2) is 0 Å². The number of hydrogen-bond donors (Lipinski definition) is 1. The van der Waals surface area contributed by atoms with E-state index < -0.39 is 5.63 Å². The van der Waals surface area contributed by atoms with Crippen molar-refractivity contribution in [1.29, 1.82) is 0 Å². The van der Waals surface area contributed by atoms with Gasteiger partial charge in [0.2, 0.25) is 5.91 Å². The highest BCUT2D eigenvalue weighted by atomic mass is 16.4. The Balaban J connectivity index is 1.49. The van der Waals surface area contributed by atoms with E-state index >= 15 is 0 Å². The lowest BCUT2D eigenvalue weighted by Crippen LogP contribution is -2.43. The highest BCUT2D eigenvalue weighted by Crippen LogP contribution is 2.26. The van der Waals surface area contributed by atoms with Crippen LogP contribution in [0.5, 0.6) is 0 Å². The van der Waals surface area contributed by atoms with E-state index in [1.807, 2.05) is 18.2 Å². The number of fused-ring (bicyclic) bond motifs is 5. The monoisotopic (exact) mass is 388 g/mol. The molecule has 6 heteroatoms. The van der Waals surface area contributed by atoms with Gasteiger partial charge in [-0.2, -0.15) is 0 Å². The van der Waals surface area contributed by atoms with E-state index in [1.54, 1.807) is 41.3 Å². The predicted octanol–water partition coefficient (Wildman–Crippen LogP) is 2.81. The van der Waals surface area contributed by atoms with Crippen molar-refractivity contribution in [1.82, 2.24) is 10.2 Å². The van der Waals surface area contributed by atoms with Gasteiger partial charge in [0, 0.05) is 30.1 Å². The second-order valence-corrected chi connectivity index (χ2v) is 7.76. The third kappa shape index (κ3) is 3.20. The molecule has 29 heavy (non-hydrogen) atoms. The molecule has 2 atom stereocenters. The van der Waals surface area contributed by atoms with Crippen LogP contribution in [0.15, 0.2) is 63.8 Å². The first kappa shape index (κ1) is 17.7. The third-order valence-corrected chi connectivity index (χ3v) is 5.81. The number of carbonyl (C=O) groups excluding carboxylic acids is 2. The van der Waals surface area contributed by atoms with Crippen LogP contribution in [-0.2, 0) is 4.79 Å². The fourth-order valence-electron chi connectivity index (χ4n) is 4.27. The molecule has 3 aliphatic heterocycles. The molecule has 2 amide bonds. The van der Waals surface area contributed by atoms with Crippen LogP contribution in [0.2, 0.25) is 0 Å². The van der Waals surface area contributed by atoms with Crippen LogP contribution in [0.25, 0.3) is 22.1 Å². The average Bonchev–Trinajstić information content (AvgIpc) is 3.04. The van der Waals surface area contributed by atoms with Crippen molar-refractivity contribution in [3.63, 3.8) is 0 Å². The van der Waals surface area contributed by atoms with Gasteiger partial charge < -0.3 is 14.6 Å². The summed E-state index contributed by atoms with van der Waals surface area (Å²) in [5.74, 6) is -0.224. The molecule has 4 heterocycles. The minimum atomic E-state index is -0.434. The highest BCUT2D eigenvalue weighted by Gasteiger charge is 2.36. The zero-order valence-electron chi connectivity index (χ0n) is 15.8. The molecule has 1 aromatic heterocycles. The van der Waals surface area contributed by atoms with E-state index in [0.29, 0.717) is 35.4 Å². The molecule has 0 saturated carbocycles. The van der Waals surface area contributed by atoms with E-state index in [0.717, 1.165) is 18.2 Å². The van der Waals surface area contributed by atoms with Gasteiger partial charge in [-0.25, -0.2) is 4.79 Å². The molecule has 0 aliphatic carbocycles. The van der Waals surface area contributed by atoms with Crippen molar-refractivity contribution in [3.05, 3.63) is 70.6 Å². The number of nitrogens with one attached hydrogen (secondary N) is 1. The van der Waals surface area contributed by atoms with Gasteiger partial charge in [0.1, 0.15) is 5.58 Å². The summed E-state index contributed by atoms with van der Waals surface area (Å²) in [7, 11) is 0. The summed E-state index contributed by atoms with van der Waals surface area (Å²) in [6, 6.07) is 16.2. The Bertz CT molecular complexity index is 1180. The molecule has 2 aromatic carbocycles. The number of piperidine rings is 1. The Kier molecular flexibility index (Phi) is 4.19. The molecule has 0 unspecified atom stereocenters. The summed E-state index contributed by atoms with van der Waals surface area (Å²) < 4.78 is 5.43. The Hall–Kier alpha value is -3.41. The number of nitrogens with zero attached hydrogens (tertiary/aromatic N) is 1. The van der Waals surface area contributed by atoms with Gasteiger partial charge in [-0.15, -0.1) is 0 Å². The SMILES string of the molecule is O=C1N[C@H]2CC[C@@H]1CN(C(=O)c1cccc(-c3cc4ccccc4oc3=O)c1)C2. The quantitative estimate of drug-likeness (QED) is 0.685. The fourth-order valence-corrected chi connectivity index (χ4v) is 4.27. The molecule has 3 aromatic rings. The van der Waals surface area contributed by atoms with Gasteiger partial charge in [-0.05, 0) is 42.7 Å². The molecule has 1 N–H and O–H groups in total. The number of amides is 2. The van der Waals surface area contributed by atoms with Crippen LogP contribution in [0.3, 0.4) is 0 Å². The van der Waals surface area contributed by atoms with Crippen molar-refractivity contribution >= 4 is 22.8 Å². The Morgan fingerprint density at radius 1 is 1.00 bits per heavy atom. The minimum absolute atomic E-state index is 0.0147. The van der Waals surface area contributed by atoms with Crippen LogP contribution in [-0.4, -0.2) is 35.8 Å². The van der Waals surface area contributed by atoms with Crippen LogP contribution >= 0.6 is 0 Å². The topological polar surface area (TPSA) is 79.6 Å². The van der Waals surface area contributed by atoms with Gasteiger partial charge in [-0.1, -0.05) is 30.3 Å². The number of benzene rings is 2. The van der Waals surface area contributed by atoms with Gasteiger partial charge in [0.05, 0.1) is 11.5 Å². The number of para-hydroxylation sites is 1. The Morgan fingerprint density at radius 3 is 2.72 bits per heavy atom. The summed E-state index contributed by atoms with van der Waals surface area (Å²) in [6.07, 6.45) is 1.72. The molecule has 3 fully saturated rings. The standard InChI is InChI=1S/C23H20N2O4/c26-21-17-8-9-18(24-21)13-25(12-17)22(27)16-6-3-5-14(10-16)19-11-15-4-1-2-7-20(15)29-23(19)28/h1-7,10-11,17-18H,8-9,12-13H2,(H,24,26)/t17-,18+/m1/s1. The van der Waals surface area contributed by atoms with E-state index in [-0.39, 0.29) is 23.8 Å². The molecular weight excluding hydrogens is 368 g/mol. The normalized spacial score (nSPS) is 21.1. The van der Waals surface area contributed by atoms with Gasteiger partial charge in [0.25, 0.3) is 5.91 Å². The molecule has 146 valence electrons. The fraction of sp³-hybridized carbons (Fsp3) is 0.261. The molecule has 2 bridgehead atoms. The predicted molar refractivity (Wildman–Crippen MR) is 108 cm³/mol. The number of carbonyl (C=O) groups is 2. The maximum Gasteiger partial charge on any atom is 0.344 e. The van der Waals surface area contributed by atoms with E-state index in [2.05, 4.69) is 5.32 Å². The molecule has 0 radical (unpaired) electrons. The second kappa shape index (κ2) is 6.88. The highest BCUT2D eigenvalue weighted by molar-refractivity contribution is 5.96.